The van der Waals surface area contributed by atoms with Gasteiger partial charge in [-0.25, -0.2) is 4.98 Å². The fourth-order valence-electron chi connectivity index (χ4n) is 1.94. The predicted octanol–water partition coefficient (Wildman–Crippen LogP) is 3.03. The Hall–Kier alpha value is -2.29. The van der Waals surface area contributed by atoms with Crippen LogP contribution in [0.2, 0.25) is 0 Å². The van der Waals surface area contributed by atoms with Crippen molar-refractivity contribution >= 4 is 10.9 Å². The number of fused-ring (bicyclic) bond motifs is 1. The largest absolute Gasteiger partial charge is 0.497 e. The van der Waals surface area contributed by atoms with E-state index in [1.54, 1.807) is 13.3 Å². The van der Waals surface area contributed by atoms with Crippen molar-refractivity contribution < 1.29 is 4.74 Å². The van der Waals surface area contributed by atoms with Gasteiger partial charge in [-0.05, 0) is 36.4 Å². The molecule has 3 nitrogen and oxygen atoms in total. The monoisotopic (exact) mass is 224 g/mol. The number of aromatic nitrogens is 2. The number of methoxy groups -OCH3 is 1. The highest BCUT2D eigenvalue weighted by atomic mass is 16.5. The normalized spacial score (nSPS) is 10.6. The molecule has 0 aliphatic rings. The van der Waals surface area contributed by atoms with E-state index in [0.29, 0.717) is 0 Å². The van der Waals surface area contributed by atoms with E-state index in [1.165, 1.54) is 0 Å². The zero-order chi connectivity index (χ0) is 11.7. The van der Waals surface area contributed by atoms with Crippen molar-refractivity contribution in [2.24, 2.45) is 0 Å². The Balaban J connectivity index is 2.19. The second-order valence-corrected chi connectivity index (χ2v) is 3.80. The zero-order valence-electron chi connectivity index (χ0n) is 9.50. The van der Waals surface area contributed by atoms with Gasteiger partial charge in [-0.3, -0.25) is 0 Å². The van der Waals surface area contributed by atoms with E-state index in [2.05, 4.69) is 15.6 Å². The summed E-state index contributed by atoms with van der Waals surface area (Å²) in [4.78, 5) is 4.35. The van der Waals surface area contributed by atoms with Gasteiger partial charge in [0, 0.05) is 17.8 Å². The van der Waals surface area contributed by atoms with Gasteiger partial charge >= 0.3 is 0 Å². The Morgan fingerprint density at radius 1 is 1.12 bits per heavy atom. The highest BCUT2D eigenvalue weighted by Gasteiger charge is 2.04. The van der Waals surface area contributed by atoms with Gasteiger partial charge in [-0.2, -0.15) is 0 Å². The molecule has 0 aliphatic carbocycles. The van der Waals surface area contributed by atoms with Crippen LogP contribution in [-0.2, 0) is 0 Å². The van der Waals surface area contributed by atoms with Gasteiger partial charge in [-0.15, -0.1) is 0 Å². The first-order valence-corrected chi connectivity index (χ1v) is 5.45. The summed E-state index contributed by atoms with van der Waals surface area (Å²) in [5, 5.41) is 1.15. The van der Waals surface area contributed by atoms with Gasteiger partial charge in [0.2, 0.25) is 0 Å². The van der Waals surface area contributed by atoms with Gasteiger partial charge < -0.3 is 9.30 Å². The molecule has 17 heavy (non-hydrogen) atoms. The number of hydrogen-bond acceptors (Lipinski definition) is 2. The second-order valence-electron chi connectivity index (χ2n) is 3.80. The molecule has 0 spiro atoms. The van der Waals surface area contributed by atoms with Crippen LogP contribution in [0.3, 0.4) is 0 Å². The number of ether oxygens (including phenoxy) is 1. The number of nitrogens with zero attached hydrogens (tertiary/aromatic N) is 2. The molecular weight excluding hydrogens is 212 g/mol. The predicted molar refractivity (Wildman–Crippen MR) is 67.6 cm³/mol. The zero-order valence-corrected chi connectivity index (χ0v) is 9.50. The number of rotatable bonds is 2. The Kier molecular flexibility index (Phi) is 2.29. The van der Waals surface area contributed by atoms with Gasteiger partial charge in [-0.1, -0.05) is 6.07 Å². The lowest BCUT2D eigenvalue weighted by molar-refractivity contribution is 0.415. The second kappa shape index (κ2) is 3.94. The van der Waals surface area contributed by atoms with Crippen molar-refractivity contribution in [1.82, 2.24) is 9.55 Å². The minimum atomic E-state index is 0.872. The lowest BCUT2D eigenvalue weighted by Gasteiger charge is -2.04. The summed E-state index contributed by atoms with van der Waals surface area (Å²) in [6.07, 6.45) is 3.82. The van der Waals surface area contributed by atoms with Crippen LogP contribution in [0.25, 0.3) is 16.7 Å². The average Bonchev–Trinajstić information content (AvgIpc) is 2.82. The molecule has 0 fully saturated rings. The maximum Gasteiger partial charge on any atom is 0.137 e. The van der Waals surface area contributed by atoms with Crippen LogP contribution in [0.5, 0.6) is 5.75 Å². The maximum atomic E-state index is 5.21. The van der Waals surface area contributed by atoms with Crippen molar-refractivity contribution in [1.29, 1.82) is 0 Å². The van der Waals surface area contributed by atoms with Crippen molar-refractivity contribution in [3.05, 3.63) is 54.9 Å². The van der Waals surface area contributed by atoms with Crippen LogP contribution >= 0.6 is 0 Å². The van der Waals surface area contributed by atoms with Gasteiger partial charge in [0.25, 0.3) is 0 Å². The van der Waals surface area contributed by atoms with Gasteiger partial charge in [0.05, 0.1) is 12.6 Å². The average molecular weight is 224 g/mol. The Morgan fingerprint density at radius 3 is 2.82 bits per heavy atom. The molecule has 0 saturated heterocycles. The molecule has 0 atom stereocenters. The summed E-state index contributed by atoms with van der Waals surface area (Å²) < 4.78 is 7.28. The summed E-state index contributed by atoms with van der Waals surface area (Å²) in [6, 6.07) is 14.0. The van der Waals surface area contributed by atoms with Crippen LogP contribution in [0.15, 0.2) is 54.9 Å². The Labute approximate surface area is 99.3 Å². The fourth-order valence-corrected chi connectivity index (χ4v) is 1.94. The molecule has 0 radical (unpaired) electrons. The molecular formula is C14H12N2O. The third-order valence-electron chi connectivity index (χ3n) is 2.79. The summed E-state index contributed by atoms with van der Waals surface area (Å²) in [7, 11) is 1.68. The maximum absolute atomic E-state index is 5.21. The summed E-state index contributed by atoms with van der Waals surface area (Å²) >= 11 is 0. The molecule has 84 valence electrons. The third-order valence-corrected chi connectivity index (χ3v) is 2.79. The minimum Gasteiger partial charge on any atom is -0.497 e. The molecule has 3 aromatic rings. The van der Waals surface area contributed by atoms with E-state index in [-0.39, 0.29) is 0 Å². The number of hydrogen-bond donors (Lipinski definition) is 0. The van der Waals surface area contributed by atoms with Crippen LogP contribution in [0.4, 0.5) is 0 Å². The van der Waals surface area contributed by atoms with E-state index < -0.39 is 0 Å². The molecule has 3 heteroatoms. The van der Waals surface area contributed by atoms with E-state index in [0.717, 1.165) is 22.5 Å². The molecule has 0 bridgehead atoms. The summed E-state index contributed by atoms with van der Waals surface area (Å²) in [5.74, 6) is 1.80. The first-order valence-electron chi connectivity index (χ1n) is 5.45. The van der Waals surface area contributed by atoms with E-state index in [4.69, 9.17) is 4.74 Å². The third kappa shape index (κ3) is 1.65. The first-order chi connectivity index (χ1) is 8.38. The molecule has 3 rings (SSSR count). The SMILES string of the molecule is COc1ccc2c(ccn2-c2ccccn2)c1. The molecule has 0 saturated carbocycles. The lowest BCUT2D eigenvalue weighted by Crippen LogP contribution is -1.94. The van der Waals surface area contributed by atoms with Gasteiger partial charge in [0.15, 0.2) is 0 Å². The van der Waals surface area contributed by atoms with Crippen molar-refractivity contribution in [2.45, 2.75) is 0 Å². The molecule has 1 aromatic carbocycles. The van der Waals surface area contributed by atoms with Crippen molar-refractivity contribution in [2.75, 3.05) is 7.11 Å². The van der Waals surface area contributed by atoms with E-state index in [9.17, 15) is 0 Å². The molecule has 0 unspecified atom stereocenters. The fraction of sp³-hybridized carbons (Fsp3) is 0.0714. The standard InChI is InChI=1S/C14H12N2O/c1-17-12-5-6-13-11(10-12)7-9-16(13)14-4-2-3-8-15-14/h2-10H,1H3. The van der Waals surface area contributed by atoms with Crippen LogP contribution in [0.1, 0.15) is 0 Å². The van der Waals surface area contributed by atoms with Crippen molar-refractivity contribution in [3.8, 4) is 11.6 Å². The van der Waals surface area contributed by atoms with E-state index >= 15 is 0 Å². The van der Waals surface area contributed by atoms with Gasteiger partial charge in [0.1, 0.15) is 11.6 Å². The highest BCUT2D eigenvalue weighted by molar-refractivity contribution is 5.83. The number of benzene rings is 1. The molecule has 2 heterocycles. The van der Waals surface area contributed by atoms with E-state index in [1.807, 2.05) is 42.6 Å². The van der Waals surface area contributed by atoms with Crippen LogP contribution < -0.4 is 4.74 Å². The highest BCUT2D eigenvalue weighted by Crippen LogP contribution is 2.23. The topological polar surface area (TPSA) is 27.1 Å². The number of pyridine rings is 1. The Bertz CT molecular complexity index is 644. The quantitative estimate of drug-likeness (QED) is 0.669. The van der Waals surface area contributed by atoms with Crippen LogP contribution in [-0.4, -0.2) is 16.7 Å². The summed E-state index contributed by atoms with van der Waals surface area (Å²) in [6.45, 7) is 0. The molecule has 0 aliphatic heterocycles. The van der Waals surface area contributed by atoms with Crippen LogP contribution in [0, 0.1) is 0 Å². The first kappa shape index (κ1) is 9.90. The molecule has 0 N–H and O–H groups in total. The summed E-state index contributed by atoms with van der Waals surface area (Å²) in [5.41, 5.74) is 1.13. The minimum absolute atomic E-state index is 0.872. The van der Waals surface area contributed by atoms with Crippen molar-refractivity contribution in [3.63, 3.8) is 0 Å². The smallest absolute Gasteiger partial charge is 0.137 e. The lowest BCUT2D eigenvalue weighted by atomic mass is 10.2. The molecule has 0 amide bonds. The Morgan fingerprint density at radius 2 is 2.06 bits per heavy atom. The molecule has 2 aromatic heterocycles.